The second kappa shape index (κ2) is 4.33. The van der Waals surface area contributed by atoms with Gasteiger partial charge in [-0.3, -0.25) is 4.79 Å². The molecule has 0 amide bonds. The maximum Gasteiger partial charge on any atom is 0.178 e. The van der Waals surface area contributed by atoms with Crippen LogP contribution in [0.4, 0.5) is 5.69 Å². The number of ketones is 1. The van der Waals surface area contributed by atoms with Crippen molar-refractivity contribution in [3.8, 4) is 0 Å². The van der Waals surface area contributed by atoms with Crippen LogP contribution in [0, 0.1) is 5.92 Å². The molecule has 0 aromatic heterocycles. The van der Waals surface area contributed by atoms with E-state index in [9.17, 15) is 4.79 Å². The summed E-state index contributed by atoms with van der Waals surface area (Å²) >= 11 is 0. The Labute approximate surface area is 130 Å². The average Bonchev–Trinajstić information content (AvgIpc) is 3.04. The summed E-state index contributed by atoms with van der Waals surface area (Å²) in [4.78, 5) is 15.0. The van der Waals surface area contributed by atoms with Crippen molar-refractivity contribution < 1.29 is 4.79 Å². The van der Waals surface area contributed by atoms with Crippen molar-refractivity contribution in [3.63, 3.8) is 0 Å². The van der Waals surface area contributed by atoms with Gasteiger partial charge in [-0.25, -0.2) is 0 Å². The van der Waals surface area contributed by atoms with E-state index in [4.69, 9.17) is 0 Å². The first-order valence-electron chi connectivity index (χ1n) is 7.98. The number of hydrogen-bond acceptors (Lipinski definition) is 2. The fourth-order valence-electron chi connectivity index (χ4n) is 4.75. The van der Waals surface area contributed by atoms with E-state index in [2.05, 4.69) is 59.5 Å². The lowest BCUT2D eigenvalue weighted by Gasteiger charge is -2.35. The van der Waals surface area contributed by atoms with Gasteiger partial charge in [0, 0.05) is 11.6 Å². The summed E-state index contributed by atoms with van der Waals surface area (Å²) in [7, 11) is 0. The van der Waals surface area contributed by atoms with E-state index in [0.717, 1.165) is 6.42 Å². The first kappa shape index (κ1) is 12.2. The number of benzene rings is 2. The number of hydrogen-bond donors (Lipinski definition) is 0. The highest BCUT2D eigenvalue weighted by Crippen LogP contribution is 2.53. The molecule has 3 aliphatic rings. The molecule has 2 heterocycles. The molecule has 0 spiro atoms. The van der Waals surface area contributed by atoms with E-state index in [1.165, 1.54) is 16.8 Å². The summed E-state index contributed by atoms with van der Waals surface area (Å²) in [5.41, 5.74) is 4.05. The van der Waals surface area contributed by atoms with Gasteiger partial charge in [0.2, 0.25) is 0 Å². The molecule has 5 rings (SSSR count). The molecule has 108 valence electrons. The number of para-hydroxylation sites is 1. The highest BCUT2D eigenvalue weighted by Gasteiger charge is 2.55. The largest absolute Gasteiger partial charge is 0.354 e. The summed E-state index contributed by atoms with van der Waals surface area (Å²) in [6.07, 6.45) is 4.97. The summed E-state index contributed by atoms with van der Waals surface area (Å²) in [5.74, 6) is 1.12. The Morgan fingerprint density at radius 1 is 0.955 bits per heavy atom. The zero-order valence-corrected chi connectivity index (χ0v) is 12.2. The van der Waals surface area contributed by atoms with Crippen LogP contribution in [0.15, 0.2) is 66.7 Å². The van der Waals surface area contributed by atoms with Crippen molar-refractivity contribution >= 4 is 11.5 Å². The highest BCUT2D eigenvalue weighted by molar-refractivity contribution is 6.00. The molecule has 4 atom stereocenters. The number of rotatable bonds is 1. The molecule has 2 heteroatoms. The minimum atomic E-state index is -0.00481. The van der Waals surface area contributed by atoms with Crippen LogP contribution >= 0.6 is 0 Å². The van der Waals surface area contributed by atoms with E-state index in [1.807, 2.05) is 12.1 Å². The Morgan fingerprint density at radius 3 is 2.59 bits per heavy atom. The third-order valence-corrected chi connectivity index (χ3v) is 5.53. The lowest BCUT2D eigenvalue weighted by molar-refractivity contribution is -0.116. The van der Waals surface area contributed by atoms with Crippen LogP contribution in [0.1, 0.15) is 17.0 Å². The maximum absolute atomic E-state index is 12.6. The average molecular weight is 287 g/mol. The molecule has 0 N–H and O–H groups in total. The van der Waals surface area contributed by atoms with Gasteiger partial charge in [-0.15, -0.1) is 0 Å². The van der Waals surface area contributed by atoms with Gasteiger partial charge in [0.25, 0.3) is 0 Å². The molecule has 2 aliphatic heterocycles. The monoisotopic (exact) mass is 287 g/mol. The lowest BCUT2D eigenvalue weighted by Crippen LogP contribution is -2.45. The summed E-state index contributed by atoms with van der Waals surface area (Å²) in [6, 6.07) is 19.4. The van der Waals surface area contributed by atoms with E-state index in [-0.39, 0.29) is 11.8 Å². The molecule has 4 unspecified atom stereocenters. The minimum Gasteiger partial charge on any atom is -0.354 e. The quantitative estimate of drug-likeness (QED) is 0.802. The van der Waals surface area contributed by atoms with Crippen LogP contribution in [0.5, 0.6) is 0 Å². The van der Waals surface area contributed by atoms with Gasteiger partial charge in [0.15, 0.2) is 5.78 Å². The van der Waals surface area contributed by atoms with Gasteiger partial charge in [0.1, 0.15) is 0 Å². The minimum absolute atomic E-state index is 0.00481. The van der Waals surface area contributed by atoms with Gasteiger partial charge < -0.3 is 4.90 Å². The van der Waals surface area contributed by atoms with Crippen LogP contribution in [0.2, 0.25) is 0 Å². The number of anilines is 1. The third-order valence-electron chi connectivity index (χ3n) is 5.53. The number of carbonyl (C=O) groups is 1. The van der Waals surface area contributed by atoms with Gasteiger partial charge in [-0.1, -0.05) is 48.5 Å². The zero-order valence-electron chi connectivity index (χ0n) is 12.2. The van der Waals surface area contributed by atoms with E-state index in [0.29, 0.717) is 17.9 Å². The Balaban J connectivity index is 1.67. The van der Waals surface area contributed by atoms with E-state index >= 15 is 0 Å². The van der Waals surface area contributed by atoms with Crippen LogP contribution in [0.25, 0.3) is 0 Å². The first-order chi connectivity index (χ1) is 10.8. The van der Waals surface area contributed by atoms with Gasteiger partial charge in [-0.2, -0.15) is 0 Å². The second-order valence-electron chi connectivity index (χ2n) is 6.53. The molecular weight excluding hydrogens is 270 g/mol. The fourth-order valence-corrected chi connectivity index (χ4v) is 4.75. The maximum atomic E-state index is 12.6. The van der Waals surface area contributed by atoms with Crippen LogP contribution in [0.3, 0.4) is 0 Å². The van der Waals surface area contributed by atoms with Crippen LogP contribution < -0.4 is 4.90 Å². The summed E-state index contributed by atoms with van der Waals surface area (Å²) in [5, 5.41) is 0. The summed E-state index contributed by atoms with van der Waals surface area (Å²) in [6.45, 7) is 0. The number of fused-ring (bicyclic) bond motifs is 7. The Hall–Kier alpha value is -2.35. The third kappa shape index (κ3) is 1.47. The van der Waals surface area contributed by atoms with Crippen LogP contribution in [-0.4, -0.2) is 17.9 Å². The topological polar surface area (TPSA) is 20.3 Å². The smallest absolute Gasteiger partial charge is 0.178 e. The zero-order chi connectivity index (χ0) is 14.7. The molecule has 1 fully saturated rings. The van der Waals surface area contributed by atoms with Crippen molar-refractivity contribution in [1.82, 2.24) is 0 Å². The molecule has 0 radical (unpaired) electrons. The van der Waals surface area contributed by atoms with E-state index < -0.39 is 0 Å². The van der Waals surface area contributed by atoms with E-state index in [1.54, 1.807) is 0 Å². The van der Waals surface area contributed by atoms with Gasteiger partial charge in [-0.05, 0) is 41.7 Å². The van der Waals surface area contributed by atoms with Crippen molar-refractivity contribution in [2.24, 2.45) is 5.92 Å². The number of carbonyl (C=O) groups excluding carboxylic acids is 1. The molecular formula is C20H17NO. The van der Waals surface area contributed by atoms with Gasteiger partial charge >= 0.3 is 0 Å². The molecule has 2 aromatic carbocycles. The number of nitrogens with zero attached hydrogens (tertiary/aromatic N) is 1. The van der Waals surface area contributed by atoms with Crippen LogP contribution in [-0.2, 0) is 11.2 Å². The van der Waals surface area contributed by atoms with Gasteiger partial charge in [0.05, 0.1) is 12.1 Å². The highest BCUT2D eigenvalue weighted by atomic mass is 16.1. The molecule has 2 nitrogen and oxygen atoms in total. The normalized spacial score (nSPS) is 31.3. The first-order valence-corrected chi connectivity index (χ1v) is 7.98. The SMILES string of the molecule is O=C1C=CC2C3c4ccccc4CC3C1N2c1ccccc1. The Morgan fingerprint density at radius 2 is 1.73 bits per heavy atom. The molecule has 2 aromatic rings. The molecule has 1 aliphatic carbocycles. The molecule has 22 heavy (non-hydrogen) atoms. The molecule has 2 bridgehead atoms. The standard InChI is InChI=1S/C20H17NO/c22-18-11-10-17-19-15-9-5-4-6-13(15)12-16(19)20(18)21(17)14-7-2-1-3-8-14/h1-11,16-17,19-20H,12H2. The van der Waals surface area contributed by atoms with Crippen molar-refractivity contribution in [3.05, 3.63) is 77.9 Å². The molecule has 1 saturated heterocycles. The predicted octanol–water partition coefficient (Wildman–Crippen LogP) is 3.34. The Bertz CT molecular complexity index is 779. The van der Waals surface area contributed by atoms with Crippen molar-refractivity contribution in [2.75, 3.05) is 4.90 Å². The predicted molar refractivity (Wildman–Crippen MR) is 87.0 cm³/mol. The van der Waals surface area contributed by atoms with Crippen molar-refractivity contribution in [1.29, 1.82) is 0 Å². The molecule has 0 saturated carbocycles. The second-order valence-corrected chi connectivity index (χ2v) is 6.53. The lowest BCUT2D eigenvalue weighted by atomic mass is 9.88. The summed E-state index contributed by atoms with van der Waals surface area (Å²) < 4.78 is 0. The van der Waals surface area contributed by atoms with Crippen molar-refractivity contribution in [2.45, 2.75) is 24.4 Å². The Kier molecular flexibility index (Phi) is 2.40. The fraction of sp³-hybridized carbons (Fsp3) is 0.250.